The van der Waals surface area contributed by atoms with E-state index in [1.54, 1.807) is 13.4 Å². The Morgan fingerprint density at radius 2 is 2.14 bits per heavy atom. The fraction of sp³-hybridized carbons (Fsp3) is 0.375. The molecule has 0 atom stereocenters. The third-order valence-electron chi connectivity index (χ3n) is 3.11. The molecular weight excluding hydrogens is 280 g/mol. The summed E-state index contributed by atoms with van der Waals surface area (Å²) in [4.78, 5) is 4.47. The number of guanidine groups is 1. The highest BCUT2D eigenvalue weighted by Gasteiger charge is 2.03. The highest BCUT2D eigenvalue weighted by Crippen LogP contribution is 2.17. The fourth-order valence-electron chi connectivity index (χ4n) is 2.05. The quantitative estimate of drug-likeness (QED) is 0.604. The Bertz CT molecular complexity index is 582. The van der Waals surface area contributed by atoms with E-state index in [9.17, 15) is 0 Å². The standard InChI is InChI=1S/C16H22N4O2/c1-3-17-16(19-12-14-9-11-22-20-14)18-10-8-13-6-4-5-7-15(13)21-2/h4-7,9,11H,3,8,10,12H2,1-2H3,(H2,17,18,19). The number of nitrogens with zero attached hydrogens (tertiary/aromatic N) is 2. The first kappa shape index (κ1) is 15.9. The molecule has 2 N–H and O–H groups in total. The van der Waals surface area contributed by atoms with Gasteiger partial charge in [-0.05, 0) is 25.0 Å². The molecule has 2 aromatic rings. The molecule has 22 heavy (non-hydrogen) atoms. The summed E-state index contributed by atoms with van der Waals surface area (Å²) in [6, 6.07) is 9.84. The number of benzene rings is 1. The van der Waals surface area contributed by atoms with Crippen LogP contribution in [0.2, 0.25) is 0 Å². The maximum Gasteiger partial charge on any atom is 0.191 e. The molecule has 2 rings (SSSR count). The van der Waals surface area contributed by atoms with Gasteiger partial charge in [0.05, 0.1) is 13.7 Å². The zero-order chi connectivity index (χ0) is 15.6. The number of aliphatic imine (C=N–C) groups is 1. The van der Waals surface area contributed by atoms with Crippen LogP contribution in [0.15, 0.2) is 46.1 Å². The third kappa shape index (κ3) is 4.80. The summed E-state index contributed by atoms with van der Waals surface area (Å²) < 4.78 is 10.2. The Balaban J connectivity index is 1.87. The van der Waals surface area contributed by atoms with Crippen LogP contribution < -0.4 is 15.4 Å². The largest absolute Gasteiger partial charge is 0.496 e. The lowest BCUT2D eigenvalue weighted by molar-refractivity contribution is 0.409. The van der Waals surface area contributed by atoms with Crippen LogP contribution in [0.5, 0.6) is 5.75 Å². The SMILES string of the molecule is CCNC(=NCc1ccon1)NCCc1ccccc1OC. The van der Waals surface area contributed by atoms with Gasteiger partial charge in [0.25, 0.3) is 0 Å². The van der Waals surface area contributed by atoms with Gasteiger partial charge in [-0.2, -0.15) is 0 Å². The Labute approximate surface area is 130 Å². The predicted octanol–water partition coefficient (Wildman–Crippen LogP) is 1.98. The summed E-state index contributed by atoms with van der Waals surface area (Å²) in [6.07, 6.45) is 2.41. The first-order chi connectivity index (χ1) is 10.8. The van der Waals surface area contributed by atoms with E-state index in [1.807, 2.05) is 31.2 Å². The van der Waals surface area contributed by atoms with Crippen molar-refractivity contribution >= 4 is 5.96 Å². The minimum absolute atomic E-state index is 0.487. The van der Waals surface area contributed by atoms with E-state index < -0.39 is 0 Å². The lowest BCUT2D eigenvalue weighted by atomic mass is 10.1. The Morgan fingerprint density at radius 3 is 2.86 bits per heavy atom. The summed E-state index contributed by atoms with van der Waals surface area (Å²) in [6.45, 7) is 4.10. The fourth-order valence-corrected chi connectivity index (χ4v) is 2.05. The molecule has 1 aromatic carbocycles. The Morgan fingerprint density at radius 1 is 1.27 bits per heavy atom. The highest BCUT2D eigenvalue weighted by molar-refractivity contribution is 5.79. The molecule has 0 aliphatic rings. The maximum atomic E-state index is 5.35. The van der Waals surface area contributed by atoms with Crippen LogP contribution in [-0.4, -0.2) is 31.3 Å². The summed E-state index contributed by atoms with van der Waals surface area (Å²) in [5.41, 5.74) is 1.98. The molecule has 0 spiro atoms. The average molecular weight is 302 g/mol. The van der Waals surface area contributed by atoms with Crippen molar-refractivity contribution in [2.75, 3.05) is 20.2 Å². The number of para-hydroxylation sites is 1. The van der Waals surface area contributed by atoms with Crippen LogP contribution in [0, 0.1) is 0 Å². The molecule has 0 saturated heterocycles. The van der Waals surface area contributed by atoms with E-state index in [0.717, 1.165) is 36.9 Å². The minimum atomic E-state index is 0.487. The lowest BCUT2D eigenvalue weighted by Gasteiger charge is -2.12. The first-order valence-electron chi connectivity index (χ1n) is 7.36. The predicted molar refractivity (Wildman–Crippen MR) is 86.0 cm³/mol. The van der Waals surface area contributed by atoms with E-state index in [4.69, 9.17) is 9.26 Å². The van der Waals surface area contributed by atoms with Gasteiger partial charge in [0.15, 0.2) is 5.96 Å². The monoisotopic (exact) mass is 302 g/mol. The molecule has 0 aliphatic carbocycles. The van der Waals surface area contributed by atoms with Crippen LogP contribution in [0.3, 0.4) is 0 Å². The molecule has 1 aromatic heterocycles. The van der Waals surface area contributed by atoms with E-state index in [2.05, 4.69) is 26.8 Å². The summed E-state index contributed by atoms with van der Waals surface area (Å²) >= 11 is 0. The van der Waals surface area contributed by atoms with Crippen LogP contribution in [0.1, 0.15) is 18.2 Å². The van der Waals surface area contributed by atoms with E-state index >= 15 is 0 Å². The lowest BCUT2D eigenvalue weighted by Crippen LogP contribution is -2.38. The van der Waals surface area contributed by atoms with Crippen molar-refractivity contribution < 1.29 is 9.26 Å². The van der Waals surface area contributed by atoms with E-state index in [-0.39, 0.29) is 0 Å². The van der Waals surface area contributed by atoms with Gasteiger partial charge in [-0.1, -0.05) is 23.4 Å². The molecule has 0 amide bonds. The van der Waals surface area contributed by atoms with Gasteiger partial charge in [-0.25, -0.2) is 4.99 Å². The molecule has 0 radical (unpaired) electrons. The number of hydrogen-bond acceptors (Lipinski definition) is 4. The molecule has 0 bridgehead atoms. The Kier molecular flexibility index (Phi) is 6.29. The molecule has 0 aliphatic heterocycles. The van der Waals surface area contributed by atoms with Gasteiger partial charge in [0.2, 0.25) is 0 Å². The maximum absolute atomic E-state index is 5.35. The van der Waals surface area contributed by atoms with Crippen molar-refractivity contribution in [2.24, 2.45) is 4.99 Å². The van der Waals surface area contributed by atoms with Crippen LogP contribution in [0.25, 0.3) is 0 Å². The van der Waals surface area contributed by atoms with Crippen molar-refractivity contribution in [3.8, 4) is 5.75 Å². The zero-order valence-corrected chi connectivity index (χ0v) is 13.0. The smallest absolute Gasteiger partial charge is 0.191 e. The van der Waals surface area contributed by atoms with Gasteiger partial charge in [0, 0.05) is 19.2 Å². The molecular formula is C16H22N4O2. The number of nitrogens with one attached hydrogen (secondary N) is 2. The van der Waals surface area contributed by atoms with E-state index in [0.29, 0.717) is 6.54 Å². The number of aromatic nitrogens is 1. The first-order valence-corrected chi connectivity index (χ1v) is 7.36. The molecule has 0 unspecified atom stereocenters. The normalized spacial score (nSPS) is 11.3. The van der Waals surface area contributed by atoms with Crippen molar-refractivity contribution in [3.05, 3.63) is 47.9 Å². The minimum Gasteiger partial charge on any atom is -0.496 e. The van der Waals surface area contributed by atoms with Crippen LogP contribution in [-0.2, 0) is 13.0 Å². The van der Waals surface area contributed by atoms with E-state index in [1.165, 1.54) is 5.56 Å². The van der Waals surface area contributed by atoms with Gasteiger partial charge in [-0.3, -0.25) is 0 Å². The van der Waals surface area contributed by atoms with Crippen LogP contribution >= 0.6 is 0 Å². The molecule has 0 fully saturated rings. The topological polar surface area (TPSA) is 71.7 Å². The second kappa shape index (κ2) is 8.71. The summed E-state index contributed by atoms with van der Waals surface area (Å²) in [7, 11) is 1.69. The third-order valence-corrected chi connectivity index (χ3v) is 3.11. The second-order valence-corrected chi connectivity index (χ2v) is 4.67. The summed E-state index contributed by atoms with van der Waals surface area (Å²) in [5.74, 6) is 1.68. The van der Waals surface area contributed by atoms with Crippen molar-refractivity contribution in [2.45, 2.75) is 19.9 Å². The van der Waals surface area contributed by atoms with Gasteiger partial charge in [-0.15, -0.1) is 0 Å². The van der Waals surface area contributed by atoms with Crippen molar-refractivity contribution in [1.29, 1.82) is 0 Å². The molecule has 1 heterocycles. The molecule has 6 heteroatoms. The zero-order valence-electron chi connectivity index (χ0n) is 13.0. The number of hydrogen-bond donors (Lipinski definition) is 2. The van der Waals surface area contributed by atoms with Crippen molar-refractivity contribution in [3.63, 3.8) is 0 Å². The Hall–Kier alpha value is -2.50. The molecule has 6 nitrogen and oxygen atoms in total. The second-order valence-electron chi connectivity index (χ2n) is 4.67. The average Bonchev–Trinajstić information content (AvgIpc) is 3.06. The number of ether oxygens (including phenoxy) is 1. The highest BCUT2D eigenvalue weighted by atomic mass is 16.5. The number of methoxy groups -OCH3 is 1. The van der Waals surface area contributed by atoms with Crippen LogP contribution in [0.4, 0.5) is 0 Å². The van der Waals surface area contributed by atoms with Gasteiger partial charge in [0.1, 0.15) is 17.7 Å². The van der Waals surface area contributed by atoms with Crippen molar-refractivity contribution in [1.82, 2.24) is 15.8 Å². The molecule has 118 valence electrons. The van der Waals surface area contributed by atoms with Gasteiger partial charge >= 0.3 is 0 Å². The van der Waals surface area contributed by atoms with Gasteiger partial charge < -0.3 is 19.9 Å². The summed E-state index contributed by atoms with van der Waals surface area (Å²) in [5, 5.41) is 10.4. The number of rotatable bonds is 7. The molecule has 0 saturated carbocycles.